The molecule has 0 aliphatic rings. The average molecular weight is 252 g/mol. The molecular formula is C9H5ClF3NO2. The van der Waals surface area contributed by atoms with E-state index in [-0.39, 0.29) is 10.8 Å². The Labute approximate surface area is 93.2 Å². The quantitative estimate of drug-likeness (QED) is 0.471. The minimum Gasteiger partial charge on any atom is -0.292 e. The average Bonchev–Trinajstić information content (AvgIpc) is 2.16. The highest BCUT2D eigenvalue weighted by Gasteiger charge is 2.39. The molecule has 0 radical (unpaired) electrons. The Hall–Kier alpha value is -1.43. The monoisotopic (exact) mass is 251 g/mol. The standard InChI is InChI=1S/C9H5ClF3NO2/c10-8-3-1-2-5(14-8)6(15)4-7(16)9(11,12)13/h1-3H,4H2. The van der Waals surface area contributed by atoms with Crippen molar-refractivity contribution in [3.8, 4) is 0 Å². The second-order valence-corrected chi connectivity index (χ2v) is 3.25. The summed E-state index contributed by atoms with van der Waals surface area (Å²) >= 11 is 5.44. The molecule has 0 amide bonds. The Morgan fingerprint density at radius 2 is 1.94 bits per heavy atom. The summed E-state index contributed by atoms with van der Waals surface area (Å²) in [6.07, 6.45) is -6.26. The molecule has 1 aromatic heterocycles. The summed E-state index contributed by atoms with van der Waals surface area (Å²) in [4.78, 5) is 25.2. The van der Waals surface area contributed by atoms with Gasteiger partial charge in [-0.15, -0.1) is 0 Å². The molecule has 0 fully saturated rings. The van der Waals surface area contributed by atoms with E-state index in [0.717, 1.165) is 0 Å². The largest absolute Gasteiger partial charge is 0.450 e. The van der Waals surface area contributed by atoms with Gasteiger partial charge in [-0.2, -0.15) is 13.2 Å². The number of alkyl halides is 3. The molecule has 0 saturated heterocycles. The molecule has 3 nitrogen and oxygen atoms in total. The number of hydrogen-bond acceptors (Lipinski definition) is 3. The van der Waals surface area contributed by atoms with Crippen LogP contribution in [-0.2, 0) is 4.79 Å². The summed E-state index contributed by atoms with van der Waals surface area (Å²) < 4.78 is 35.6. The number of halogens is 4. The zero-order valence-corrected chi connectivity index (χ0v) is 8.47. The zero-order chi connectivity index (χ0) is 12.3. The van der Waals surface area contributed by atoms with Crippen LogP contribution in [0.15, 0.2) is 18.2 Å². The van der Waals surface area contributed by atoms with E-state index in [1.54, 1.807) is 0 Å². The van der Waals surface area contributed by atoms with Gasteiger partial charge in [0.2, 0.25) is 5.78 Å². The highest BCUT2D eigenvalue weighted by atomic mass is 35.5. The Bertz CT molecular complexity index is 431. The summed E-state index contributed by atoms with van der Waals surface area (Å²) in [5.41, 5.74) is -0.259. The van der Waals surface area contributed by atoms with E-state index in [0.29, 0.717) is 0 Å². The molecule has 0 bridgehead atoms. The highest BCUT2D eigenvalue weighted by molar-refractivity contribution is 6.29. The summed E-state index contributed by atoms with van der Waals surface area (Å²) in [6, 6.07) is 3.92. The molecule has 16 heavy (non-hydrogen) atoms. The molecule has 1 heterocycles. The molecule has 0 unspecified atom stereocenters. The molecule has 86 valence electrons. The first-order chi connectivity index (χ1) is 7.30. The van der Waals surface area contributed by atoms with Crippen molar-refractivity contribution in [2.75, 3.05) is 0 Å². The van der Waals surface area contributed by atoms with Crippen LogP contribution in [0.4, 0.5) is 13.2 Å². The van der Waals surface area contributed by atoms with Crippen LogP contribution in [0.1, 0.15) is 16.9 Å². The normalized spacial score (nSPS) is 11.2. The van der Waals surface area contributed by atoms with Gasteiger partial charge in [0, 0.05) is 0 Å². The van der Waals surface area contributed by atoms with E-state index in [1.165, 1.54) is 18.2 Å². The number of aromatic nitrogens is 1. The zero-order valence-electron chi connectivity index (χ0n) is 7.71. The molecule has 0 aliphatic carbocycles. The van der Waals surface area contributed by atoms with Gasteiger partial charge in [-0.1, -0.05) is 17.7 Å². The van der Waals surface area contributed by atoms with Gasteiger partial charge in [0.25, 0.3) is 0 Å². The Morgan fingerprint density at radius 1 is 1.31 bits per heavy atom. The lowest BCUT2D eigenvalue weighted by Crippen LogP contribution is -2.25. The predicted octanol–water partition coefficient (Wildman–Crippen LogP) is 2.44. The number of nitrogens with zero attached hydrogens (tertiary/aromatic N) is 1. The van der Waals surface area contributed by atoms with Crippen molar-refractivity contribution in [2.45, 2.75) is 12.6 Å². The molecule has 0 aliphatic heterocycles. The number of carbonyl (C=O) groups is 2. The van der Waals surface area contributed by atoms with Crippen molar-refractivity contribution >= 4 is 23.2 Å². The van der Waals surface area contributed by atoms with Gasteiger partial charge in [0.1, 0.15) is 10.8 Å². The van der Waals surface area contributed by atoms with Crippen LogP contribution in [0.5, 0.6) is 0 Å². The number of rotatable bonds is 3. The SMILES string of the molecule is O=C(CC(=O)C(F)(F)F)c1cccc(Cl)n1. The first kappa shape index (κ1) is 12.6. The summed E-state index contributed by atoms with van der Waals surface area (Å²) in [6.45, 7) is 0. The minimum atomic E-state index is -5.01. The van der Waals surface area contributed by atoms with Crippen LogP contribution in [0.25, 0.3) is 0 Å². The lowest BCUT2D eigenvalue weighted by molar-refractivity contribution is -0.170. The van der Waals surface area contributed by atoms with E-state index in [2.05, 4.69) is 4.98 Å². The fraction of sp³-hybridized carbons (Fsp3) is 0.222. The van der Waals surface area contributed by atoms with Crippen molar-refractivity contribution < 1.29 is 22.8 Å². The third-order valence-corrected chi connectivity index (χ3v) is 1.85. The molecule has 1 rings (SSSR count). The summed E-state index contributed by atoms with van der Waals surface area (Å²) in [5, 5.41) is -0.0229. The summed E-state index contributed by atoms with van der Waals surface area (Å²) in [7, 11) is 0. The lowest BCUT2D eigenvalue weighted by Gasteiger charge is -2.03. The Balaban J connectivity index is 2.78. The molecule has 7 heteroatoms. The second-order valence-electron chi connectivity index (χ2n) is 2.87. The first-order valence-corrected chi connectivity index (χ1v) is 4.44. The van der Waals surface area contributed by atoms with Crippen molar-refractivity contribution in [1.29, 1.82) is 0 Å². The first-order valence-electron chi connectivity index (χ1n) is 4.06. The van der Waals surface area contributed by atoms with Gasteiger partial charge in [-0.3, -0.25) is 9.59 Å². The molecule has 0 atom stereocenters. The number of ketones is 2. The van der Waals surface area contributed by atoms with Crippen LogP contribution in [0, 0.1) is 0 Å². The molecular weight excluding hydrogens is 247 g/mol. The fourth-order valence-corrected chi connectivity index (χ4v) is 1.06. The number of carbonyl (C=O) groups excluding carboxylic acids is 2. The third-order valence-electron chi connectivity index (χ3n) is 1.64. The van der Waals surface area contributed by atoms with Crippen molar-refractivity contribution in [2.24, 2.45) is 0 Å². The fourth-order valence-electron chi connectivity index (χ4n) is 0.900. The van der Waals surface area contributed by atoms with Gasteiger partial charge in [-0.25, -0.2) is 4.98 Å². The predicted molar refractivity (Wildman–Crippen MR) is 49.3 cm³/mol. The molecule has 0 aromatic carbocycles. The van der Waals surface area contributed by atoms with Gasteiger partial charge in [0.15, 0.2) is 5.78 Å². The minimum absolute atomic E-state index is 0.0229. The van der Waals surface area contributed by atoms with Gasteiger partial charge in [-0.05, 0) is 12.1 Å². The van der Waals surface area contributed by atoms with E-state index in [1.807, 2.05) is 0 Å². The van der Waals surface area contributed by atoms with Crippen LogP contribution in [0.3, 0.4) is 0 Å². The number of Topliss-reactive ketones (excluding diaryl/α,β-unsaturated/α-hetero) is 2. The Kier molecular flexibility index (Phi) is 3.64. The van der Waals surface area contributed by atoms with Crippen molar-refractivity contribution in [3.63, 3.8) is 0 Å². The van der Waals surface area contributed by atoms with Crippen molar-refractivity contribution in [1.82, 2.24) is 4.98 Å². The maximum absolute atomic E-state index is 11.9. The lowest BCUT2D eigenvalue weighted by atomic mass is 10.1. The van der Waals surface area contributed by atoms with Crippen LogP contribution in [-0.4, -0.2) is 22.7 Å². The third kappa shape index (κ3) is 3.30. The second kappa shape index (κ2) is 4.61. The van der Waals surface area contributed by atoms with E-state index in [9.17, 15) is 22.8 Å². The molecule has 1 aromatic rings. The topological polar surface area (TPSA) is 47.0 Å². The van der Waals surface area contributed by atoms with Gasteiger partial charge >= 0.3 is 6.18 Å². The smallest absolute Gasteiger partial charge is 0.292 e. The van der Waals surface area contributed by atoms with E-state index >= 15 is 0 Å². The maximum atomic E-state index is 11.9. The Morgan fingerprint density at radius 3 is 2.44 bits per heavy atom. The van der Waals surface area contributed by atoms with Gasteiger partial charge in [0.05, 0.1) is 6.42 Å². The van der Waals surface area contributed by atoms with Crippen LogP contribution in [0.2, 0.25) is 5.15 Å². The molecule has 0 saturated carbocycles. The van der Waals surface area contributed by atoms with Crippen LogP contribution < -0.4 is 0 Å². The molecule has 0 N–H and O–H groups in total. The highest BCUT2D eigenvalue weighted by Crippen LogP contribution is 2.19. The summed E-state index contributed by atoms with van der Waals surface area (Å²) in [5.74, 6) is -3.11. The maximum Gasteiger partial charge on any atom is 0.450 e. The van der Waals surface area contributed by atoms with Gasteiger partial charge < -0.3 is 0 Å². The van der Waals surface area contributed by atoms with E-state index < -0.39 is 24.2 Å². The number of pyridine rings is 1. The van der Waals surface area contributed by atoms with Crippen LogP contribution >= 0.6 is 11.6 Å². The van der Waals surface area contributed by atoms with Crippen molar-refractivity contribution in [3.05, 3.63) is 29.0 Å². The van der Waals surface area contributed by atoms with E-state index in [4.69, 9.17) is 11.6 Å². The number of hydrogen-bond donors (Lipinski definition) is 0. The molecule has 0 spiro atoms.